The second kappa shape index (κ2) is 28.0. The molecule has 0 spiro atoms. The molecule has 0 aliphatic heterocycles. The van der Waals surface area contributed by atoms with Crippen molar-refractivity contribution in [1.29, 1.82) is 0 Å². The fraction of sp³-hybridized carbons (Fsp3) is 1.00. The summed E-state index contributed by atoms with van der Waals surface area (Å²) < 4.78 is 15.4. The van der Waals surface area contributed by atoms with E-state index in [1.54, 1.807) is 0 Å². The summed E-state index contributed by atoms with van der Waals surface area (Å²) in [5.74, 6) is 0. The summed E-state index contributed by atoms with van der Waals surface area (Å²) in [7, 11) is 0. The number of rotatable bonds is 20. The van der Waals surface area contributed by atoms with Crippen molar-refractivity contribution in [1.82, 2.24) is 0 Å². The third kappa shape index (κ3) is 30.8. The zero-order valence-corrected chi connectivity index (χ0v) is 18.4. The van der Waals surface area contributed by atoms with Crippen LogP contribution in [0.4, 0.5) is 0 Å². The Morgan fingerprint density at radius 1 is 0.593 bits per heavy atom. The SMILES string of the molecule is CCCCCCCCCCCCOC(C)CC.OCCOCCOCCO. The molecule has 1 unspecified atom stereocenters. The Labute approximate surface area is 168 Å². The van der Waals surface area contributed by atoms with E-state index in [9.17, 15) is 0 Å². The summed E-state index contributed by atoms with van der Waals surface area (Å²) in [6.07, 6.45) is 15.6. The van der Waals surface area contributed by atoms with Crippen molar-refractivity contribution in [2.45, 2.75) is 97.5 Å². The van der Waals surface area contributed by atoms with E-state index < -0.39 is 0 Å². The van der Waals surface area contributed by atoms with Crippen LogP contribution < -0.4 is 0 Å². The third-order valence-electron chi connectivity index (χ3n) is 4.32. The molecule has 0 aromatic carbocycles. The summed E-state index contributed by atoms with van der Waals surface area (Å²) in [6.45, 7) is 9.32. The standard InChI is InChI=1S/C16H34O.C6H14O4/c1-4-6-7-8-9-10-11-12-13-14-15-17-16(3)5-2;7-1-3-9-5-6-10-4-2-8/h16H,4-15H2,1-3H3;7-8H,1-6H2. The predicted molar refractivity (Wildman–Crippen MR) is 113 cm³/mol. The highest BCUT2D eigenvalue weighted by molar-refractivity contribution is 4.49. The summed E-state index contributed by atoms with van der Waals surface area (Å²) in [6, 6.07) is 0. The first-order chi connectivity index (χ1) is 13.2. The Hall–Kier alpha value is -0.200. The number of unbranched alkanes of at least 4 members (excludes halogenated alkanes) is 9. The van der Waals surface area contributed by atoms with Crippen molar-refractivity contribution in [3.63, 3.8) is 0 Å². The van der Waals surface area contributed by atoms with E-state index in [-0.39, 0.29) is 13.2 Å². The van der Waals surface area contributed by atoms with Crippen LogP contribution in [0.25, 0.3) is 0 Å². The highest BCUT2D eigenvalue weighted by Gasteiger charge is 1.97. The van der Waals surface area contributed by atoms with Crippen molar-refractivity contribution >= 4 is 0 Å². The molecule has 0 saturated carbocycles. The molecule has 27 heavy (non-hydrogen) atoms. The lowest BCUT2D eigenvalue weighted by atomic mass is 10.1. The Morgan fingerprint density at radius 3 is 1.44 bits per heavy atom. The smallest absolute Gasteiger partial charge is 0.0701 e. The molecule has 0 bridgehead atoms. The van der Waals surface area contributed by atoms with Gasteiger partial charge in [0.25, 0.3) is 0 Å². The van der Waals surface area contributed by atoms with Crippen LogP contribution in [0.5, 0.6) is 0 Å². The molecule has 0 heterocycles. The van der Waals surface area contributed by atoms with Crippen molar-refractivity contribution < 1.29 is 24.4 Å². The molecular weight excluding hydrogens is 344 g/mol. The molecule has 5 nitrogen and oxygen atoms in total. The molecule has 0 amide bonds. The van der Waals surface area contributed by atoms with Crippen molar-refractivity contribution in [3.05, 3.63) is 0 Å². The summed E-state index contributed by atoms with van der Waals surface area (Å²) >= 11 is 0. The average Bonchev–Trinajstić information content (AvgIpc) is 2.69. The maximum atomic E-state index is 8.26. The van der Waals surface area contributed by atoms with Gasteiger partial charge in [0.1, 0.15) is 0 Å². The van der Waals surface area contributed by atoms with Gasteiger partial charge in [-0.1, -0.05) is 71.6 Å². The first-order valence-corrected chi connectivity index (χ1v) is 11.2. The number of hydrogen-bond donors (Lipinski definition) is 2. The van der Waals surface area contributed by atoms with Crippen LogP contribution in [-0.4, -0.2) is 62.6 Å². The Balaban J connectivity index is 0. The normalized spacial score (nSPS) is 11.9. The van der Waals surface area contributed by atoms with Crippen LogP contribution in [0.3, 0.4) is 0 Å². The van der Waals surface area contributed by atoms with Crippen molar-refractivity contribution in [3.8, 4) is 0 Å². The number of ether oxygens (including phenoxy) is 3. The van der Waals surface area contributed by atoms with Gasteiger partial charge < -0.3 is 24.4 Å². The summed E-state index contributed by atoms with van der Waals surface area (Å²) in [4.78, 5) is 0. The van der Waals surface area contributed by atoms with Crippen LogP contribution in [0.15, 0.2) is 0 Å². The van der Waals surface area contributed by atoms with Crippen LogP contribution in [-0.2, 0) is 14.2 Å². The molecule has 5 heteroatoms. The molecule has 0 aliphatic carbocycles. The Morgan fingerprint density at radius 2 is 1.04 bits per heavy atom. The topological polar surface area (TPSA) is 68.2 Å². The minimum Gasteiger partial charge on any atom is -0.394 e. The van der Waals surface area contributed by atoms with E-state index in [2.05, 4.69) is 20.8 Å². The minimum atomic E-state index is 0.0417. The fourth-order valence-corrected chi connectivity index (χ4v) is 2.44. The molecule has 0 aliphatic rings. The van der Waals surface area contributed by atoms with Gasteiger partial charge in [0, 0.05) is 6.61 Å². The van der Waals surface area contributed by atoms with Gasteiger partial charge in [0.15, 0.2) is 0 Å². The summed E-state index contributed by atoms with van der Waals surface area (Å²) in [5, 5.41) is 16.5. The van der Waals surface area contributed by atoms with Gasteiger partial charge in [0.2, 0.25) is 0 Å². The van der Waals surface area contributed by atoms with Crippen molar-refractivity contribution in [2.24, 2.45) is 0 Å². The minimum absolute atomic E-state index is 0.0417. The quantitative estimate of drug-likeness (QED) is 0.293. The largest absolute Gasteiger partial charge is 0.394 e. The second-order valence-corrected chi connectivity index (χ2v) is 6.94. The molecule has 1 atom stereocenters. The molecule has 0 radical (unpaired) electrons. The Bertz CT molecular complexity index is 231. The highest BCUT2D eigenvalue weighted by Crippen LogP contribution is 2.10. The molecule has 0 aromatic heterocycles. The predicted octanol–water partition coefficient (Wildman–Crippen LogP) is 4.73. The van der Waals surface area contributed by atoms with Crippen LogP contribution in [0.2, 0.25) is 0 Å². The van der Waals surface area contributed by atoms with E-state index in [4.69, 9.17) is 24.4 Å². The molecule has 0 aromatic rings. The monoisotopic (exact) mass is 392 g/mol. The first-order valence-electron chi connectivity index (χ1n) is 11.2. The van der Waals surface area contributed by atoms with Gasteiger partial charge in [-0.05, 0) is 19.8 Å². The van der Waals surface area contributed by atoms with E-state index in [1.807, 2.05) is 0 Å². The van der Waals surface area contributed by atoms with Crippen LogP contribution in [0, 0.1) is 0 Å². The van der Waals surface area contributed by atoms with Gasteiger partial charge in [-0.15, -0.1) is 0 Å². The van der Waals surface area contributed by atoms with Crippen LogP contribution >= 0.6 is 0 Å². The van der Waals surface area contributed by atoms with Gasteiger partial charge >= 0.3 is 0 Å². The maximum Gasteiger partial charge on any atom is 0.0701 e. The molecule has 0 saturated heterocycles. The highest BCUT2D eigenvalue weighted by atomic mass is 16.5. The number of aliphatic hydroxyl groups is 2. The lowest BCUT2D eigenvalue weighted by Gasteiger charge is -2.09. The van der Waals surface area contributed by atoms with Crippen LogP contribution in [0.1, 0.15) is 91.4 Å². The zero-order chi connectivity index (χ0) is 20.4. The molecule has 0 fully saturated rings. The lowest BCUT2D eigenvalue weighted by molar-refractivity contribution is 0.0222. The average molecular weight is 393 g/mol. The van der Waals surface area contributed by atoms with E-state index in [1.165, 1.54) is 64.2 Å². The van der Waals surface area contributed by atoms with E-state index in [0.717, 1.165) is 13.0 Å². The molecule has 166 valence electrons. The number of aliphatic hydroxyl groups excluding tert-OH is 2. The Kier molecular flexibility index (Phi) is 30.1. The molecule has 2 N–H and O–H groups in total. The van der Waals surface area contributed by atoms with Gasteiger partial charge in [0.05, 0.1) is 45.7 Å². The number of hydrogen-bond acceptors (Lipinski definition) is 5. The second-order valence-electron chi connectivity index (χ2n) is 6.94. The van der Waals surface area contributed by atoms with Crippen molar-refractivity contribution in [2.75, 3.05) is 46.2 Å². The van der Waals surface area contributed by atoms with E-state index >= 15 is 0 Å². The molecular formula is C22H48O5. The first kappa shape index (κ1) is 29.0. The van der Waals surface area contributed by atoms with Gasteiger partial charge in [-0.3, -0.25) is 0 Å². The fourth-order valence-electron chi connectivity index (χ4n) is 2.44. The zero-order valence-electron chi connectivity index (χ0n) is 18.4. The van der Waals surface area contributed by atoms with Gasteiger partial charge in [-0.2, -0.15) is 0 Å². The molecule has 0 rings (SSSR count). The van der Waals surface area contributed by atoms with E-state index in [0.29, 0.717) is 32.5 Å². The maximum absolute atomic E-state index is 8.26. The summed E-state index contributed by atoms with van der Waals surface area (Å²) in [5.41, 5.74) is 0. The van der Waals surface area contributed by atoms with Gasteiger partial charge in [-0.25, -0.2) is 0 Å². The lowest BCUT2D eigenvalue weighted by Crippen LogP contribution is -2.09. The third-order valence-corrected chi connectivity index (χ3v) is 4.32.